The number of furan rings is 1. The molecule has 0 aliphatic heterocycles. The van der Waals surface area contributed by atoms with Crippen molar-refractivity contribution in [1.82, 2.24) is 4.90 Å². The molecule has 1 aliphatic rings. The van der Waals surface area contributed by atoms with E-state index in [-0.39, 0.29) is 11.9 Å². The van der Waals surface area contributed by atoms with Gasteiger partial charge in [0.2, 0.25) is 5.91 Å². The highest BCUT2D eigenvalue weighted by molar-refractivity contribution is 5.86. The molecule has 0 aromatic carbocycles. The molecule has 106 valence electrons. The van der Waals surface area contributed by atoms with Gasteiger partial charge in [0.25, 0.3) is 0 Å². The number of aryl methyl sites for hydroxylation is 1. The summed E-state index contributed by atoms with van der Waals surface area (Å²) in [4.78, 5) is 14.5. The lowest BCUT2D eigenvalue weighted by Gasteiger charge is -2.33. The number of nitrogens with two attached hydrogens (primary N) is 1. The first-order valence-electron chi connectivity index (χ1n) is 7.08. The fraction of sp³-hybridized carbons (Fsp3) is 0.667. The molecule has 2 rings (SSSR count). The van der Waals surface area contributed by atoms with E-state index in [1.165, 1.54) is 0 Å². The molecule has 1 fully saturated rings. The van der Waals surface area contributed by atoms with Gasteiger partial charge < -0.3 is 15.1 Å². The Morgan fingerprint density at radius 1 is 1.42 bits per heavy atom. The lowest BCUT2D eigenvalue weighted by atomic mass is 9.96. The van der Waals surface area contributed by atoms with Gasteiger partial charge in [0, 0.05) is 6.04 Å². The zero-order valence-electron chi connectivity index (χ0n) is 12.1. The van der Waals surface area contributed by atoms with Crippen LogP contribution in [0.1, 0.15) is 51.1 Å². The summed E-state index contributed by atoms with van der Waals surface area (Å²) in [5.41, 5.74) is 5.62. The fourth-order valence-corrected chi connectivity index (χ4v) is 2.73. The van der Waals surface area contributed by atoms with E-state index in [1.54, 1.807) is 0 Å². The molecule has 1 aromatic rings. The van der Waals surface area contributed by atoms with Crippen LogP contribution in [0.5, 0.6) is 0 Å². The maximum absolute atomic E-state index is 12.7. The average Bonchev–Trinajstić information content (AvgIpc) is 2.95. The zero-order chi connectivity index (χ0) is 14.0. The van der Waals surface area contributed by atoms with E-state index >= 15 is 0 Å². The van der Waals surface area contributed by atoms with Crippen LogP contribution in [-0.2, 0) is 11.3 Å². The third kappa shape index (κ3) is 3.00. The second kappa shape index (κ2) is 5.37. The Kier molecular flexibility index (Phi) is 3.99. The van der Waals surface area contributed by atoms with Crippen molar-refractivity contribution in [1.29, 1.82) is 0 Å². The van der Waals surface area contributed by atoms with Gasteiger partial charge in [0.15, 0.2) is 0 Å². The third-order valence-corrected chi connectivity index (χ3v) is 3.93. The lowest BCUT2D eigenvalue weighted by molar-refractivity contribution is -0.139. The quantitative estimate of drug-likeness (QED) is 0.909. The van der Waals surface area contributed by atoms with Crippen LogP contribution in [0.4, 0.5) is 0 Å². The van der Waals surface area contributed by atoms with Gasteiger partial charge in [0.1, 0.15) is 11.5 Å². The molecule has 0 unspecified atom stereocenters. The van der Waals surface area contributed by atoms with E-state index in [0.717, 1.165) is 37.2 Å². The smallest absolute Gasteiger partial charge is 0.243 e. The largest absolute Gasteiger partial charge is 0.464 e. The van der Waals surface area contributed by atoms with Gasteiger partial charge in [-0.05, 0) is 45.7 Å². The fourth-order valence-electron chi connectivity index (χ4n) is 2.73. The molecule has 0 radical (unpaired) electrons. The van der Waals surface area contributed by atoms with Gasteiger partial charge in [-0.1, -0.05) is 12.8 Å². The molecule has 1 saturated carbocycles. The Bertz CT molecular complexity index is 445. The minimum atomic E-state index is -0.661. The summed E-state index contributed by atoms with van der Waals surface area (Å²) in [5, 5.41) is 0. The van der Waals surface area contributed by atoms with Crippen molar-refractivity contribution in [2.75, 3.05) is 0 Å². The topological polar surface area (TPSA) is 59.5 Å². The summed E-state index contributed by atoms with van der Waals surface area (Å²) >= 11 is 0. The number of hydrogen-bond donors (Lipinski definition) is 1. The molecule has 2 N–H and O–H groups in total. The number of nitrogens with zero attached hydrogens (tertiary/aromatic N) is 1. The molecule has 1 aliphatic carbocycles. The summed E-state index contributed by atoms with van der Waals surface area (Å²) in [6, 6.07) is 3.97. The first-order valence-corrected chi connectivity index (χ1v) is 7.08. The number of carbonyl (C=O) groups excluding carboxylic acids is 1. The van der Waals surface area contributed by atoms with Crippen LogP contribution in [0.25, 0.3) is 0 Å². The molecule has 1 heterocycles. The van der Waals surface area contributed by atoms with E-state index in [4.69, 9.17) is 10.2 Å². The van der Waals surface area contributed by atoms with E-state index in [2.05, 4.69) is 0 Å². The van der Waals surface area contributed by atoms with Crippen LogP contribution < -0.4 is 5.73 Å². The zero-order valence-corrected chi connectivity index (χ0v) is 12.1. The van der Waals surface area contributed by atoms with Crippen molar-refractivity contribution in [2.24, 2.45) is 5.73 Å². The van der Waals surface area contributed by atoms with E-state index < -0.39 is 5.54 Å². The van der Waals surface area contributed by atoms with Gasteiger partial charge in [-0.2, -0.15) is 0 Å². The number of hydrogen-bond acceptors (Lipinski definition) is 3. The number of rotatable bonds is 4. The second-order valence-corrected chi connectivity index (χ2v) is 5.90. The van der Waals surface area contributed by atoms with E-state index in [0.29, 0.717) is 6.54 Å². The van der Waals surface area contributed by atoms with Crippen LogP contribution >= 0.6 is 0 Å². The SMILES string of the molecule is Cc1ccc(CN(C(=O)C2(N)CCCC2)C(C)C)o1. The van der Waals surface area contributed by atoms with Gasteiger partial charge >= 0.3 is 0 Å². The summed E-state index contributed by atoms with van der Waals surface area (Å²) in [7, 11) is 0. The molecule has 4 nitrogen and oxygen atoms in total. The molecule has 0 bridgehead atoms. The highest BCUT2D eigenvalue weighted by atomic mass is 16.3. The molecule has 19 heavy (non-hydrogen) atoms. The Morgan fingerprint density at radius 3 is 2.53 bits per heavy atom. The standard InChI is InChI=1S/C15H24N2O2/c1-11(2)17(10-13-7-6-12(3)19-13)14(18)15(16)8-4-5-9-15/h6-7,11H,4-5,8-10,16H2,1-3H3. The first kappa shape index (κ1) is 14.1. The minimum Gasteiger partial charge on any atom is -0.464 e. The maximum Gasteiger partial charge on any atom is 0.243 e. The van der Waals surface area contributed by atoms with Gasteiger partial charge in [0.05, 0.1) is 12.1 Å². The molecule has 1 aromatic heterocycles. The van der Waals surface area contributed by atoms with Crippen LogP contribution in [0.15, 0.2) is 16.5 Å². The van der Waals surface area contributed by atoms with Crippen LogP contribution in [0.2, 0.25) is 0 Å². The van der Waals surface area contributed by atoms with Crippen LogP contribution in [-0.4, -0.2) is 22.4 Å². The molecule has 4 heteroatoms. The Hall–Kier alpha value is -1.29. The summed E-state index contributed by atoms with van der Waals surface area (Å²) in [6.07, 6.45) is 3.69. The van der Waals surface area contributed by atoms with E-state index in [1.807, 2.05) is 37.8 Å². The van der Waals surface area contributed by atoms with Gasteiger partial charge in [-0.3, -0.25) is 4.79 Å². The number of carbonyl (C=O) groups is 1. The lowest BCUT2D eigenvalue weighted by Crippen LogP contribution is -2.55. The molecule has 0 spiro atoms. The van der Waals surface area contributed by atoms with Crippen molar-refractivity contribution in [3.8, 4) is 0 Å². The predicted molar refractivity (Wildman–Crippen MR) is 74.5 cm³/mol. The maximum atomic E-state index is 12.7. The first-order chi connectivity index (χ1) is 8.92. The molecular weight excluding hydrogens is 240 g/mol. The summed E-state index contributed by atoms with van der Waals surface area (Å²) in [5.74, 6) is 1.75. The van der Waals surface area contributed by atoms with Crippen molar-refractivity contribution in [2.45, 2.75) is 64.6 Å². The molecular formula is C15H24N2O2. The average molecular weight is 264 g/mol. The van der Waals surface area contributed by atoms with E-state index in [9.17, 15) is 4.79 Å². The predicted octanol–water partition coefficient (Wildman–Crippen LogP) is 2.60. The van der Waals surface area contributed by atoms with Crippen LogP contribution in [0, 0.1) is 6.92 Å². The molecule has 0 atom stereocenters. The minimum absolute atomic E-state index is 0.0639. The van der Waals surface area contributed by atoms with Gasteiger partial charge in [-0.15, -0.1) is 0 Å². The Morgan fingerprint density at radius 2 is 2.05 bits per heavy atom. The molecule has 0 saturated heterocycles. The Balaban J connectivity index is 2.13. The summed E-state index contributed by atoms with van der Waals surface area (Å²) in [6.45, 7) is 6.45. The van der Waals surface area contributed by atoms with Crippen molar-refractivity contribution in [3.63, 3.8) is 0 Å². The van der Waals surface area contributed by atoms with Crippen molar-refractivity contribution >= 4 is 5.91 Å². The monoisotopic (exact) mass is 264 g/mol. The Labute approximate surface area is 114 Å². The van der Waals surface area contributed by atoms with Gasteiger partial charge in [-0.25, -0.2) is 0 Å². The van der Waals surface area contributed by atoms with Crippen LogP contribution in [0.3, 0.4) is 0 Å². The highest BCUT2D eigenvalue weighted by Crippen LogP contribution is 2.30. The highest BCUT2D eigenvalue weighted by Gasteiger charge is 2.40. The number of amides is 1. The van der Waals surface area contributed by atoms with Crippen molar-refractivity contribution in [3.05, 3.63) is 23.7 Å². The van der Waals surface area contributed by atoms with Crippen molar-refractivity contribution < 1.29 is 9.21 Å². The normalized spacial score (nSPS) is 17.9. The summed E-state index contributed by atoms with van der Waals surface area (Å²) < 4.78 is 5.58. The third-order valence-electron chi connectivity index (χ3n) is 3.93. The molecule has 1 amide bonds. The second-order valence-electron chi connectivity index (χ2n) is 5.90.